The van der Waals surface area contributed by atoms with Crippen LogP contribution in [0, 0.1) is 20.8 Å². The van der Waals surface area contributed by atoms with E-state index in [1.807, 2.05) is 26.0 Å². The van der Waals surface area contributed by atoms with Crippen LogP contribution < -0.4 is 4.74 Å². The number of furan rings is 1. The fourth-order valence-corrected chi connectivity index (χ4v) is 4.89. The number of ether oxygens (including phenoxy) is 1. The summed E-state index contributed by atoms with van der Waals surface area (Å²) >= 11 is 0. The van der Waals surface area contributed by atoms with Gasteiger partial charge in [0.15, 0.2) is 4.90 Å². The predicted molar refractivity (Wildman–Crippen MR) is 113 cm³/mol. The van der Waals surface area contributed by atoms with Crippen molar-refractivity contribution in [3.63, 3.8) is 0 Å². The molecule has 0 saturated heterocycles. The third-order valence-electron chi connectivity index (χ3n) is 4.78. The molecule has 31 heavy (non-hydrogen) atoms. The van der Waals surface area contributed by atoms with Gasteiger partial charge < -0.3 is 9.15 Å². The van der Waals surface area contributed by atoms with Gasteiger partial charge >= 0.3 is 5.97 Å². The first-order valence-corrected chi connectivity index (χ1v) is 11.0. The number of hydrogen-bond donors (Lipinski definition) is 0. The zero-order chi connectivity index (χ0) is 22.2. The van der Waals surface area contributed by atoms with Crippen molar-refractivity contribution in [3.8, 4) is 11.6 Å². The third-order valence-corrected chi connectivity index (χ3v) is 6.68. The van der Waals surface area contributed by atoms with Crippen LogP contribution in [0.5, 0.6) is 5.88 Å². The average Bonchev–Trinajstić information content (AvgIpc) is 3.37. The number of esters is 1. The molecule has 0 spiro atoms. The molecule has 0 radical (unpaired) electrons. The normalized spacial score (nSPS) is 11.5. The summed E-state index contributed by atoms with van der Waals surface area (Å²) in [5.74, 6) is -1.05. The second-order valence-electron chi connectivity index (χ2n) is 7.10. The van der Waals surface area contributed by atoms with Gasteiger partial charge in [0.25, 0.3) is 0 Å². The molecule has 0 atom stereocenters. The monoisotopic (exact) mass is 436 g/mol. The minimum Gasteiger partial charge on any atom is -0.457 e. The largest absolute Gasteiger partial charge is 0.457 e. The lowest BCUT2D eigenvalue weighted by Crippen LogP contribution is -2.14. The zero-order valence-corrected chi connectivity index (χ0v) is 18.0. The molecule has 0 aliphatic rings. The maximum atomic E-state index is 13.5. The Kier molecular flexibility index (Phi) is 5.24. The molecule has 0 bridgehead atoms. The fourth-order valence-electron chi connectivity index (χ4n) is 3.35. The lowest BCUT2D eigenvalue weighted by Gasteiger charge is -2.12. The summed E-state index contributed by atoms with van der Waals surface area (Å²) in [6.07, 6.45) is 1.34. The molecule has 0 fully saturated rings. The van der Waals surface area contributed by atoms with Gasteiger partial charge in [-0.3, -0.25) is 0 Å². The minimum absolute atomic E-state index is 0.0471. The summed E-state index contributed by atoms with van der Waals surface area (Å²) in [4.78, 5) is 12.6. The Labute approximate surface area is 179 Å². The van der Waals surface area contributed by atoms with Gasteiger partial charge in [0.2, 0.25) is 21.5 Å². The van der Waals surface area contributed by atoms with Gasteiger partial charge in [0.1, 0.15) is 0 Å². The summed E-state index contributed by atoms with van der Waals surface area (Å²) in [6, 6.07) is 16.6. The molecule has 0 amide bonds. The van der Waals surface area contributed by atoms with E-state index in [0.717, 1.165) is 11.1 Å². The van der Waals surface area contributed by atoms with Gasteiger partial charge in [-0.25, -0.2) is 13.2 Å². The van der Waals surface area contributed by atoms with Gasteiger partial charge in [-0.2, -0.15) is 9.78 Å². The number of carbonyl (C=O) groups is 1. The first-order valence-electron chi connectivity index (χ1n) is 9.52. The van der Waals surface area contributed by atoms with Crippen LogP contribution in [0.25, 0.3) is 5.69 Å². The average molecular weight is 436 g/mol. The summed E-state index contributed by atoms with van der Waals surface area (Å²) in [5, 5.41) is 4.43. The molecule has 0 aliphatic carbocycles. The van der Waals surface area contributed by atoms with Crippen LogP contribution in [0.2, 0.25) is 0 Å². The molecule has 0 saturated carbocycles. The zero-order valence-electron chi connectivity index (χ0n) is 17.2. The highest BCUT2D eigenvalue weighted by atomic mass is 32.2. The number of carbonyl (C=O) groups excluding carboxylic acids is 1. The Morgan fingerprint density at radius 2 is 1.74 bits per heavy atom. The molecule has 0 unspecified atom stereocenters. The number of rotatable bonds is 5. The van der Waals surface area contributed by atoms with Gasteiger partial charge in [-0.15, -0.1) is 0 Å². The Morgan fingerprint density at radius 3 is 2.39 bits per heavy atom. The Balaban J connectivity index is 1.95. The molecule has 2 aromatic carbocycles. The van der Waals surface area contributed by atoms with Crippen molar-refractivity contribution in [1.82, 2.24) is 9.78 Å². The molecule has 0 aliphatic heterocycles. The van der Waals surface area contributed by atoms with Crippen molar-refractivity contribution in [3.05, 3.63) is 89.5 Å². The van der Waals surface area contributed by atoms with Crippen LogP contribution in [0.1, 0.15) is 27.4 Å². The lowest BCUT2D eigenvalue weighted by molar-refractivity contribution is 0.0684. The Bertz CT molecular complexity index is 1350. The number of nitrogens with zero attached hydrogens (tertiary/aromatic N) is 2. The highest BCUT2D eigenvalue weighted by Gasteiger charge is 2.32. The Hall–Kier alpha value is -3.65. The van der Waals surface area contributed by atoms with E-state index in [9.17, 15) is 13.2 Å². The maximum Gasteiger partial charge on any atom is 0.380 e. The van der Waals surface area contributed by atoms with Crippen molar-refractivity contribution in [1.29, 1.82) is 0 Å². The molecule has 2 aromatic heterocycles. The number of benzene rings is 2. The van der Waals surface area contributed by atoms with Crippen LogP contribution >= 0.6 is 0 Å². The number of sulfone groups is 1. The van der Waals surface area contributed by atoms with Gasteiger partial charge in [-0.1, -0.05) is 35.9 Å². The topological polar surface area (TPSA) is 91.4 Å². The highest BCUT2D eigenvalue weighted by molar-refractivity contribution is 7.91. The van der Waals surface area contributed by atoms with Crippen molar-refractivity contribution >= 4 is 15.8 Å². The summed E-state index contributed by atoms with van der Waals surface area (Å²) in [7, 11) is -4.01. The molecular weight excluding hydrogens is 416 g/mol. The van der Waals surface area contributed by atoms with Gasteiger partial charge in [0.05, 0.1) is 22.5 Å². The number of aromatic nitrogens is 2. The highest BCUT2D eigenvalue weighted by Crippen LogP contribution is 2.35. The van der Waals surface area contributed by atoms with Crippen LogP contribution in [-0.2, 0) is 9.84 Å². The molecule has 2 heterocycles. The Morgan fingerprint density at radius 1 is 1.00 bits per heavy atom. The molecule has 8 heteroatoms. The molecule has 4 rings (SSSR count). The van der Waals surface area contributed by atoms with Crippen LogP contribution in [0.3, 0.4) is 0 Å². The van der Waals surface area contributed by atoms with E-state index < -0.39 is 15.8 Å². The standard InChI is InChI=1S/C23H20N2O5S/c1-15-11-12-19(16(2)14-15)25-22(30-23(26)20-10-7-13-29-20)21(17(3)24-25)31(27,28)18-8-5-4-6-9-18/h4-14H,1-3H3. The van der Waals surface area contributed by atoms with E-state index in [1.54, 1.807) is 37.3 Å². The van der Waals surface area contributed by atoms with Crippen molar-refractivity contribution in [2.75, 3.05) is 0 Å². The number of aryl methyl sites for hydroxylation is 3. The first-order chi connectivity index (χ1) is 14.8. The number of hydrogen-bond acceptors (Lipinski definition) is 6. The summed E-state index contributed by atoms with van der Waals surface area (Å²) in [6.45, 7) is 5.40. The third kappa shape index (κ3) is 3.77. The van der Waals surface area contributed by atoms with E-state index in [1.165, 1.54) is 29.1 Å². The fraction of sp³-hybridized carbons (Fsp3) is 0.130. The summed E-state index contributed by atoms with van der Waals surface area (Å²) < 4.78 is 39.0. The van der Waals surface area contributed by atoms with Crippen molar-refractivity contribution in [2.24, 2.45) is 0 Å². The second kappa shape index (κ2) is 7.88. The van der Waals surface area contributed by atoms with E-state index in [-0.39, 0.29) is 27.1 Å². The molecule has 158 valence electrons. The van der Waals surface area contributed by atoms with Gasteiger partial charge in [-0.05, 0) is 56.7 Å². The lowest BCUT2D eigenvalue weighted by atomic mass is 10.1. The summed E-state index contributed by atoms with van der Waals surface area (Å²) in [5.41, 5.74) is 2.70. The predicted octanol–water partition coefficient (Wildman–Crippen LogP) is 4.44. The molecule has 0 N–H and O–H groups in total. The van der Waals surface area contributed by atoms with Crippen molar-refractivity contribution < 1.29 is 22.4 Å². The molecular formula is C23H20N2O5S. The van der Waals surface area contributed by atoms with Crippen LogP contribution in [0.15, 0.2) is 81.1 Å². The van der Waals surface area contributed by atoms with Crippen molar-refractivity contribution in [2.45, 2.75) is 30.6 Å². The molecule has 4 aromatic rings. The molecule has 7 nitrogen and oxygen atoms in total. The van der Waals surface area contributed by atoms with Crippen LogP contribution in [0.4, 0.5) is 0 Å². The SMILES string of the molecule is Cc1ccc(-n2nc(C)c(S(=O)(=O)c3ccccc3)c2OC(=O)c2ccco2)c(C)c1. The van der Waals surface area contributed by atoms with E-state index in [0.29, 0.717) is 5.69 Å². The minimum atomic E-state index is -4.01. The quantitative estimate of drug-likeness (QED) is 0.430. The van der Waals surface area contributed by atoms with E-state index >= 15 is 0 Å². The van der Waals surface area contributed by atoms with Gasteiger partial charge in [0, 0.05) is 0 Å². The second-order valence-corrected chi connectivity index (χ2v) is 8.99. The van der Waals surface area contributed by atoms with Crippen LogP contribution in [-0.4, -0.2) is 24.2 Å². The van der Waals surface area contributed by atoms with E-state index in [2.05, 4.69) is 5.10 Å². The maximum absolute atomic E-state index is 13.5. The van der Waals surface area contributed by atoms with E-state index in [4.69, 9.17) is 9.15 Å². The first kappa shape index (κ1) is 20.6. The smallest absolute Gasteiger partial charge is 0.380 e.